The summed E-state index contributed by atoms with van der Waals surface area (Å²) >= 11 is 0. The molecule has 4 rings (SSSR count). The summed E-state index contributed by atoms with van der Waals surface area (Å²) in [7, 11) is 1.64. The Kier molecular flexibility index (Phi) is 4.13. The van der Waals surface area contributed by atoms with Gasteiger partial charge in [-0.3, -0.25) is 0 Å². The Morgan fingerprint density at radius 3 is 2.84 bits per heavy atom. The van der Waals surface area contributed by atoms with Gasteiger partial charge in [0.25, 0.3) is 0 Å². The van der Waals surface area contributed by atoms with Gasteiger partial charge in [0.05, 0.1) is 23.5 Å². The van der Waals surface area contributed by atoms with Crippen molar-refractivity contribution < 1.29 is 9.53 Å². The summed E-state index contributed by atoms with van der Waals surface area (Å²) in [5.41, 5.74) is 3.52. The average Bonchev–Trinajstić information content (AvgIpc) is 3.14. The lowest BCUT2D eigenvalue weighted by Gasteiger charge is -2.46. The molecule has 2 N–H and O–H groups in total. The lowest BCUT2D eigenvalue weighted by Crippen LogP contribution is -2.53. The number of anilines is 1. The third-order valence-corrected chi connectivity index (χ3v) is 5.26. The number of nitrogens with zero attached hydrogens (tertiary/aromatic N) is 2. The fraction of sp³-hybridized carbons (Fsp3) is 0.421. The first-order valence-corrected chi connectivity index (χ1v) is 8.81. The zero-order valence-corrected chi connectivity index (χ0v) is 14.5. The molecule has 0 atom stereocenters. The van der Waals surface area contributed by atoms with Crippen molar-refractivity contribution in [3.8, 4) is 5.69 Å². The minimum absolute atomic E-state index is 0.00140. The van der Waals surface area contributed by atoms with Crippen molar-refractivity contribution in [3.63, 3.8) is 0 Å². The largest absolute Gasteiger partial charge is 0.383 e. The number of carbonyl (C=O) groups excluding carboxylic acids is 1. The topological polar surface area (TPSA) is 58.5 Å². The maximum absolute atomic E-state index is 12.3. The van der Waals surface area contributed by atoms with Crippen LogP contribution in [-0.2, 0) is 10.3 Å². The van der Waals surface area contributed by atoms with Crippen LogP contribution in [0.1, 0.15) is 18.5 Å². The van der Waals surface area contributed by atoms with Gasteiger partial charge in [-0.2, -0.15) is 0 Å². The molecule has 2 aromatic rings. The molecule has 0 saturated carbocycles. The monoisotopic (exact) mass is 340 g/mol. The summed E-state index contributed by atoms with van der Waals surface area (Å²) < 4.78 is 7.27. The third-order valence-electron chi connectivity index (χ3n) is 5.26. The normalized spacial score (nSPS) is 17.6. The number of ether oxygens (including phenoxy) is 1. The van der Waals surface area contributed by atoms with Gasteiger partial charge in [-0.25, -0.2) is 4.79 Å². The first-order valence-electron chi connectivity index (χ1n) is 8.81. The quantitative estimate of drug-likeness (QED) is 0.844. The number of para-hydroxylation sites is 2. The van der Waals surface area contributed by atoms with E-state index in [0.717, 1.165) is 31.6 Å². The summed E-state index contributed by atoms with van der Waals surface area (Å²) in [6.45, 7) is 2.55. The van der Waals surface area contributed by atoms with E-state index in [-0.39, 0.29) is 11.6 Å². The van der Waals surface area contributed by atoms with Crippen LogP contribution in [0.3, 0.4) is 0 Å². The van der Waals surface area contributed by atoms with Gasteiger partial charge in [-0.15, -0.1) is 0 Å². The highest BCUT2D eigenvalue weighted by molar-refractivity contribution is 5.74. The number of hydrogen-bond donors (Lipinski definition) is 2. The van der Waals surface area contributed by atoms with E-state index >= 15 is 0 Å². The maximum Gasteiger partial charge on any atom is 0.317 e. The third kappa shape index (κ3) is 2.76. The predicted molar refractivity (Wildman–Crippen MR) is 97.2 cm³/mol. The Balaban J connectivity index is 1.51. The molecule has 1 aromatic heterocycles. The molecule has 1 spiro atoms. The minimum atomic E-state index is -0.110. The molecule has 0 bridgehead atoms. The van der Waals surface area contributed by atoms with E-state index in [1.54, 1.807) is 7.11 Å². The van der Waals surface area contributed by atoms with Gasteiger partial charge in [0, 0.05) is 38.6 Å². The number of nitrogens with one attached hydrogen (secondary N) is 2. The van der Waals surface area contributed by atoms with Gasteiger partial charge in [-0.05, 0) is 37.1 Å². The number of amides is 2. The second kappa shape index (κ2) is 6.44. The van der Waals surface area contributed by atoms with Gasteiger partial charge in [0.15, 0.2) is 0 Å². The SMILES string of the molecule is COCCNC(=O)N1CCC2(CC1)Nc1ccccc1-n1cccc12. The molecule has 3 heterocycles. The first-order chi connectivity index (χ1) is 12.2. The molecule has 1 fully saturated rings. The number of fused-ring (bicyclic) bond motifs is 4. The Morgan fingerprint density at radius 1 is 1.24 bits per heavy atom. The van der Waals surface area contributed by atoms with Crippen LogP contribution in [0, 0.1) is 0 Å². The number of benzene rings is 1. The molecule has 2 aliphatic heterocycles. The number of methoxy groups -OCH3 is 1. The van der Waals surface area contributed by atoms with Crippen LogP contribution in [0.4, 0.5) is 10.5 Å². The summed E-state index contributed by atoms with van der Waals surface area (Å²) in [4.78, 5) is 14.2. The lowest BCUT2D eigenvalue weighted by molar-refractivity contribution is 0.155. The Morgan fingerprint density at radius 2 is 2.04 bits per heavy atom. The number of piperidine rings is 1. The zero-order valence-electron chi connectivity index (χ0n) is 14.5. The number of aromatic nitrogens is 1. The van der Waals surface area contributed by atoms with E-state index in [4.69, 9.17) is 4.74 Å². The Labute approximate surface area is 147 Å². The van der Waals surface area contributed by atoms with Crippen LogP contribution in [0.2, 0.25) is 0 Å². The molecule has 132 valence electrons. The number of rotatable bonds is 3. The van der Waals surface area contributed by atoms with E-state index < -0.39 is 0 Å². The molecule has 6 nitrogen and oxygen atoms in total. The van der Waals surface area contributed by atoms with Crippen LogP contribution < -0.4 is 10.6 Å². The smallest absolute Gasteiger partial charge is 0.317 e. The van der Waals surface area contributed by atoms with Crippen LogP contribution >= 0.6 is 0 Å². The fourth-order valence-corrected chi connectivity index (χ4v) is 3.94. The van der Waals surface area contributed by atoms with Crippen molar-refractivity contribution in [2.75, 3.05) is 38.7 Å². The molecule has 0 unspecified atom stereocenters. The number of urea groups is 1. The summed E-state index contributed by atoms with van der Waals surface area (Å²) in [6, 6.07) is 12.7. The van der Waals surface area contributed by atoms with E-state index in [2.05, 4.69) is 57.8 Å². The van der Waals surface area contributed by atoms with E-state index in [1.807, 2.05) is 4.90 Å². The van der Waals surface area contributed by atoms with Crippen molar-refractivity contribution in [2.24, 2.45) is 0 Å². The summed E-state index contributed by atoms with van der Waals surface area (Å²) in [5.74, 6) is 0. The van der Waals surface area contributed by atoms with Gasteiger partial charge in [-0.1, -0.05) is 12.1 Å². The lowest BCUT2D eigenvalue weighted by atomic mass is 9.82. The van der Waals surface area contributed by atoms with Crippen molar-refractivity contribution >= 4 is 11.7 Å². The highest BCUT2D eigenvalue weighted by Gasteiger charge is 2.42. The van der Waals surface area contributed by atoms with Gasteiger partial charge in [0.2, 0.25) is 0 Å². The first kappa shape index (κ1) is 16.0. The van der Waals surface area contributed by atoms with Crippen molar-refractivity contribution in [1.29, 1.82) is 0 Å². The van der Waals surface area contributed by atoms with Gasteiger partial charge in [0.1, 0.15) is 0 Å². The molecule has 0 radical (unpaired) electrons. The molecule has 2 amide bonds. The maximum atomic E-state index is 12.3. The highest BCUT2D eigenvalue weighted by Crippen LogP contribution is 2.43. The second-order valence-corrected chi connectivity index (χ2v) is 6.70. The highest BCUT2D eigenvalue weighted by atomic mass is 16.5. The summed E-state index contributed by atoms with van der Waals surface area (Å²) in [6.07, 6.45) is 3.91. The molecular weight excluding hydrogens is 316 g/mol. The van der Waals surface area contributed by atoms with E-state index in [0.29, 0.717) is 13.2 Å². The van der Waals surface area contributed by atoms with Crippen LogP contribution in [0.15, 0.2) is 42.6 Å². The number of hydrogen-bond acceptors (Lipinski definition) is 3. The molecule has 2 aliphatic rings. The van der Waals surface area contributed by atoms with Crippen LogP contribution in [-0.4, -0.2) is 48.8 Å². The standard InChI is InChI=1S/C19H24N4O2/c1-25-14-10-20-18(24)22-12-8-19(9-13-22)17-7-4-11-23(17)16-6-3-2-5-15(16)21-19/h2-7,11,21H,8-10,12-14H2,1H3,(H,20,24). The average molecular weight is 340 g/mol. The van der Waals surface area contributed by atoms with Crippen molar-refractivity contribution in [3.05, 3.63) is 48.3 Å². The molecule has 6 heteroatoms. The number of carbonyl (C=O) groups is 1. The van der Waals surface area contributed by atoms with E-state index in [9.17, 15) is 4.79 Å². The molecule has 1 aromatic carbocycles. The minimum Gasteiger partial charge on any atom is -0.383 e. The molecule has 1 saturated heterocycles. The molecule has 25 heavy (non-hydrogen) atoms. The zero-order chi connectivity index (χ0) is 17.3. The number of likely N-dealkylation sites (tertiary alicyclic amines) is 1. The molecular formula is C19H24N4O2. The van der Waals surface area contributed by atoms with Crippen molar-refractivity contribution in [2.45, 2.75) is 18.4 Å². The van der Waals surface area contributed by atoms with Gasteiger partial charge >= 0.3 is 6.03 Å². The Bertz CT molecular complexity index is 762. The summed E-state index contributed by atoms with van der Waals surface area (Å²) in [5, 5.41) is 6.68. The van der Waals surface area contributed by atoms with Crippen molar-refractivity contribution in [1.82, 2.24) is 14.8 Å². The predicted octanol–water partition coefficient (Wildman–Crippen LogP) is 2.55. The second-order valence-electron chi connectivity index (χ2n) is 6.70. The van der Waals surface area contributed by atoms with Gasteiger partial charge < -0.3 is 24.8 Å². The Hall–Kier alpha value is -2.47. The fourth-order valence-electron chi connectivity index (χ4n) is 3.94. The van der Waals surface area contributed by atoms with E-state index in [1.165, 1.54) is 11.4 Å². The molecule has 0 aliphatic carbocycles. The van der Waals surface area contributed by atoms with Crippen LogP contribution in [0.25, 0.3) is 5.69 Å². The van der Waals surface area contributed by atoms with Crippen LogP contribution in [0.5, 0.6) is 0 Å².